The molecular formula is C18H6Cl6O8. The second-order valence-electron chi connectivity index (χ2n) is 7.06. The molecule has 14 heteroatoms. The number of rotatable bonds is 1. The number of carbonyl (C=O) groups excluding carboxylic acids is 4. The van der Waals surface area contributed by atoms with Crippen LogP contribution in [-0.4, -0.2) is 49.0 Å². The van der Waals surface area contributed by atoms with E-state index in [0.717, 1.165) is 6.07 Å². The molecule has 4 unspecified atom stereocenters. The van der Waals surface area contributed by atoms with Crippen LogP contribution in [0, 0.1) is 11.8 Å². The third-order valence-electron chi connectivity index (χ3n) is 5.54. The van der Waals surface area contributed by atoms with Crippen LogP contribution in [0.15, 0.2) is 28.3 Å². The van der Waals surface area contributed by atoms with Crippen LogP contribution in [0.25, 0.3) is 0 Å². The number of carboxylic acids is 1. The van der Waals surface area contributed by atoms with Crippen molar-refractivity contribution >= 4 is 99.5 Å². The normalized spacial score (nSPS) is 33.4. The van der Waals surface area contributed by atoms with Crippen LogP contribution in [0.1, 0.15) is 31.1 Å². The van der Waals surface area contributed by atoms with Crippen molar-refractivity contribution in [2.75, 3.05) is 0 Å². The fraction of sp³-hybridized carbons (Fsp3) is 0.278. The summed E-state index contributed by atoms with van der Waals surface area (Å²) >= 11 is 36.9. The van der Waals surface area contributed by atoms with E-state index < -0.39 is 55.8 Å². The van der Waals surface area contributed by atoms with Gasteiger partial charge in [-0.1, -0.05) is 46.4 Å². The number of aromatic carboxylic acids is 1. The number of cyclic esters (lactones) is 4. The predicted molar refractivity (Wildman–Crippen MR) is 112 cm³/mol. The van der Waals surface area contributed by atoms with Crippen LogP contribution in [0.5, 0.6) is 0 Å². The molecule has 0 aromatic heterocycles. The Morgan fingerprint density at radius 3 is 1.75 bits per heavy atom. The summed E-state index contributed by atoms with van der Waals surface area (Å²) in [5.74, 6) is -6.68. The third-order valence-corrected chi connectivity index (χ3v) is 9.80. The van der Waals surface area contributed by atoms with Gasteiger partial charge >= 0.3 is 29.8 Å². The Morgan fingerprint density at radius 1 is 0.812 bits per heavy atom. The van der Waals surface area contributed by atoms with E-state index in [0.29, 0.717) is 0 Å². The molecule has 0 radical (unpaired) electrons. The van der Waals surface area contributed by atoms with Crippen LogP contribution in [0.4, 0.5) is 0 Å². The van der Waals surface area contributed by atoms with Crippen LogP contribution >= 0.6 is 69.6 Å². The van der Waals surface area contributed by atoms with Gasteiger partial charge in [0.05, 0.1) is 26.8 Å². The zero-order chi connectivity index (χ0) is 24.0. The minimum Gasteiger partial charge on any atom is -0.478 e. The molecule has 2 aliphatic carbocycles. The summed E-state index contributed by atoms with van der Waals surface area (Å²) in [6.45, 7) is 0. The summed E-state index contributed by atoms with van der Waals surface area (Å²) in [4.78, 5) is 52.4. The van der Waals surface area contributed by atoms with E-state index in [1.807, 2.05) is 0 Å². The minimum absolute atomic E-state index is 0.00917. The van der Waals surface area contributed by atoms with Crippen LogP contribution in [0.3, 0.4) is 0 Å². The summed E-state index contributed by atoms with van der Waals surface area (Å²) in [5, 5.41) is 8.38. The molecule has 2 heterocycles. The molecule has 1 saturated heterocycles. The van der Waals surface area contributed by atoms with Gasteiger partial charge < -0.3 is 14.6 Å². The van der Waals surface area contributed by atoms with Gasteiger partial charge in [0.1, 0.15) is 21.6 Å². The first-order valence-electron chi connectivity index (χ1n) is 8.42. The molecule has 2 fully saturated rings. The first-order valence-corrected chi connectivity index (χ1v) is 10.7. The minimum atomic E-state index is -1.89. The van der Waals surface area contributed by atoms with Gasteiger partial charge in [0.15, 0.2) is 4.33 Å². The number of hydrogen-bond acceptors (Lipinski definition) is 7. The number of alkyl halides is 4. The summed E-state index contributed by atoms with van der Waals surface area (Å²) < 4.78 is 6.93. The Bertz CT molecular complexity index is 1150. The number of allylic oxidation sites excluding steroid dienone is 2. The van der Waals surface area contributed by atoms with Crippen molar-refractivity contribution in [1.82, 2.24) is 0 Å². The average molecular weight is 563 g/mol. The number of benzene rings is 1. The number of ether oxygens (including phenoxy) is 2. The van der Waals surface area contributed by atoms with Crippen LogP contribution < -0.4 is 0 Å². The monoisotopic (exact) mass is 560 g/mol. The molecule has 0 spiro atoms. The van der Waals surface area contributed by atoms with Gasteiger partial charge in [0, 0.05) is 0 Å². The van der Waals surface area contributed by atoms with E-state index in [-0.39, 0.29) is 26.8 Å². The highest BCUT2D eigenvalue weighted by Gasteiger charge is 2.87. The molecule has 168 valence electrons. The molecule has 0 amide bonds. The molecule has 4 atom stereocenters. The third kappa shape index (κ3) is 2.68. The lowest BCUT2D eigenvalue weighted by Gasteiger charge is -2.32. The highest BCUT2D eigenvalue weighted by molar-refractivity contribution is 6.66. The van der Waals surface area contributed by atoms with E-state index >= 15 is 0 Å². The number of carbonyl (C=O) groups is 5. The molecular weight excluding hydrogens is 557 g/mol. The Hall–Kier alpha value is -1.55. The lowest BCUT2D eigenvalue weighted by Crippen LogP contribution is -2.47. The van der Waals surface area contributed by atoms with Crippen molar-refractivity contribution in [1.29, 1.82) is 0 Å². The van der Waals surface area contributed by atoms with Crippen LogP contribution in [0.2, 0.25) is 0 Å². The van der Waals surface area contributed by atoms with Gasteiger partial charge in [0.2, 0.25) is 0 Å². The molecule has 1 saturated carbocycles. The fourth-order valence-corrected chi connectivity index (χ4v) is 6.94. The van der Waals surface area contributed by atoms with Gasteiger partial charge in [0.25, 0.3) is 0 Å². The SMILES string of the molecule is O=C(O)c1ccc2c(c1)C(=O)OC2=O.O=C1OC(=O)C2C1C1(Cl)C(Cl)=C(Cl)C2(Cl)C1(Cl)Cl. The van der Waals surface area contributed by atoms with Gasteiger partial charge in [-0.3, -0.25) is 9.59 Å². The summed E-state index contributed by atoms with van der Waals surface area (Å²) in [7, 11) is 0. The molecule has 8 nitrogen and oxygen atoms in total. The summed E-state index contributed by atoms with van der Waals surface area (Å²) in [5.41, 5.74) is 0.0744. The van der Waals surface area contributed by atoms with Crippen molar-refractivity contribution < 1.29 is 38.6 Å². The number of fused-ring (bicyclic) bond motifs is 6. The first kappa shape index (κ1) is 23.6. The number of esters is 4. The number of halogens is 6. The maximum absolute atomic E-state index is 11.7. The molecule has 4 aliphatic rings. The van der Waals surface area contributed by atoms with E-state index in [2.05, 4.69) is 9.47 Å². The Kier molecular flexibility index (Phi) is 5.33. The van der Waals surface area contributed by atoms with Crippen molar-refractivity contribution in [3.05, 3.63) is 45.0 Å². The van der Waals surface area contributed by atoms with E-state index in [4.69, 9.17) is 74.7 Å². The maximum atomic E-state index is 11.7. The lowest BCUT2D eigenvalue weighted by molar-refractivity contribution is -0.154. The molecule has 1 aromatic carbocycles. The smallest absolute Gasteiger partial charge is 0.346 e. The first-order chi connectivity index (χ1) is 14.7. The highest BCUT2D eigenvalue weighted by atomic mass is 35.5. The van der Waals surface area contributed by atoms with Crippen LogP contribution in [-0.2, 0) is 19.1 Å². The Morgan fingerprint density at radius 2 is 1.28 bits per heavy atom. The standard InChI is InChI=1S/C9H2Cl6O3.C9H4O5/c10-3-4(11)8(13)2-1(5(16)18-6(2)17)7(3,12)9(8,14)15;10-7(11)4-1-2-5-6(3-4)9(13)14-8(5)12/h1-2H;1-3H,(H,10,11). The fourth-order valence-electron chi connectivity index (χ4n) is 4.02. The van der Waals surface area contributed by atoms with Crippen molar-refractivity contribution in [2.24, 2.45) is 11.8 Å². The van der Waals surface area contributed by atoms with E-state index in [1.54, 1.807) is 0 Å². The Labute approximate surface area is 208 Å². The van der Waals surface area contributed by atoms with Crippen molar-refractivity contribution in [3.63, 3.8) is 0 Å². The van der Waals surface area contributed by atoms with Crippen molar-refractivity contribution in [2.45, 2.75) is 14.1 Å². The highest BCUT2D eigenvalue weighted by Crippen LogP contribution is 2.77. The lowest BCUT2D eigenvalue weighted by atomic mass is 9.84. The molecule has 32 heavy (non-hydrogen) atoms. The largest absolute Gasteiger partial charge is 0.478 e. The second-order valence-corrected chi connectivity index (χ2v) is 10.3. The van der Waals surface area contributed by atoms with Gasteiger partial charge in [-0.25, -0.2) is 14.4 Å². The van der Waals surface area contributed by atoms with E-state index in [9.17, 15) is 24.0 Å². The molecule has 2 aliphatic heterocycles. The molecule has 2 bridgehead atoms. The Balaban J connectivity index is 0.000000158. The summed E-state index contributed by atoms with van der Waals surface area (Å²) in [6.07, 6.45) is 0. The predicted octanol–water partition coefficient (Wildman–Crippen LogP) is 3.84. The summed E-state index contributed by atoms with van der Waals surface area (Å²) in [6, 6.07) is 3.65. The molecule has 5 rings (SSSR count). The van der Waals surface area contributed by atoms with Gasteiger partial charge in [-0.05, 0) is 18.2 Å². The van der Waals surface area contributed by atoms with Crippen molar-refractivity contribution in [3.8, 4) is 0 Å². The average Bonchev–Trinajstić information content (AvgIpc) is 3.26. The quantitative estimate of drug-likeness (QED) is 0.311. The molecule has 1 aromatic rings. The number of carboxylic acid groups (broad SMARTS) is 1. The second kappa shape index (κ2) is 7.22. The van der Waals surface area contributed by atoms with Gasteiger partial charge in [-0.15, -0.1) is 23.2 Å². The zero-order valence-corrected chi connectivity index (χ0v) is 19.5. The molecule has 1 N–H and O–H groups in total. The number of hydrogen-bond donors (Lipinski definition) is 1. The van der Waals surface area contributed by atoms with Gasteiger partial charge in [-0.2, -0.15) is 0 Å². The van der Waals surface area contributed by atoms with E-state index in [1.165, 1.54) is 12.1 Å². The zero-order valence-electron chi connectivity index (χ0n) is 15.0. The topological polar surface area (TPSA) is 124 Å². The maximum Gasteiger partial charge on any atom is 0.346 e.